The van der Waals surface area contributed by atoms with Crippen LogP contribution in [0, 0.1) is 17.3 Å². The normalized spacial score (nSPS) is 21.2. The van der Waals surface area contributed by atoms with Crippen LogP contribution in [0.3, 0.4) is 0 Å². The summed E-state index contributed by atoms with van der Waals surface area (Å²) in [6.07, 6.45) is 8.80. The average Bonchev–Trinajstić information content (AvgIpc) is 2.52. The first-order valence-corrected chi connectivity index (χ1v) is 8.52. The molecule has 0 radical (unpaired) electrons. The van der Waals surface area contributed by atoms with Crippen LogP contribution in [0.1, 0.15) is 72.1 Å². The third-order valence-corrected chi connectivity index (χ3v) is 5.61. The number of halogens is 1. The van der Waals surface area contributed by atoms with E-state index in [-0.39, 0.29) is 29.8 Å². The highest BCUT2D eigenvalue weighted by Crippen LogP contribution is 2.45. The fourth-order valence-corrected chi connectivity index (χ4v) is 3.54. The summed E-state index contributed by atoms with van der Waals surface area (Å²) in [7, 11) is 0. The highest BCUT2D eigenvalue weighted by Gasteiger charge is 2.33. The lowest BCUT2D eigenvalue weighted by atomic mass is 9.67. The van der Waals surface area contributed by atoms with Gasteiger partial charge in [0.25, 0.3) is 0 Å². The van der Waals surface area contributed by atoms with E-state index in [0.717, 1.165) is 25.7 Å². The maximum atomic E-state index is 12.4. The number of hydrogen-bond donors (Lipinski definition) is 1. The molecule has 1 aliphatic rings. The van der Waals surface area contributed by atoms with E-state index in [0.29, 0.717) is 11.8 Å². The third-order valence-electron chi connectivity index (χ3n) is 5.61. The molecule has 2 nitrogen and oxygen atoms in total. The fourth-order valence-electron chi connectivity index (χ4n) is 3.54. The molecule has 1 aliphatic carbocycles. The Balaban J connectivity index is 2.62. The number of ketones is 1. The fraction of sp³-hybridized carbons (Fsp3) is 0.833. The monoisotopic (exact) mass is 298 g/mol. The predicted molar refractivity (Wildman–Crippen MR) is 85.1 cm³/mol. The van der Waals surface area contributed by atoms with Gasteiger partial charge in [-0.25, -0.2) is 0 Å². The van der Waals surface area contributed by atoms with Crippen LogP contribution in [-0.2, 0) is 4.79 Å². The Bertz CT molecular complexity index is 348. The van der Waals surface area contributed by atoms with E-state index >= 15 is 0 Å². The van der Waals surface area contributed by atoms with Crippen LogP contribution in [0.4, 0.5) is 4.39 Å². The van der Waals surface area contributed by atoms with Gasteiger partial charge in [0.1, 0.15) is 0 Å². The smallest absolute Gasteiger partial charge is 0.162 e. The largest absolute Gasteiger partial charge is 0.512 e. The van der Waals surface area contributed by atoms with Gasteiger partial charge in [0.2, 0.25) is 0 Å². The molecule has 0 saturated heterocycles. The van der Waals surface area contributed by atoms with Crippen molar-refractivity contribution in [2.75, 3.05) is 6.67 Å². The van der Waals surface area contributed by atoms with Crippen LogP contribution >= 0.6 is 0 Å². The number of rotatable bonds is 8. The predicted octanol–water partition coefficient (Wildman–Crippen LogP) is 5.38. The summed E-state index contributed by atoms with van der Waals surface area (Å²) in [5, 5.41) is 10.2. The summed E-state index contributed by atoms with van der Waals surface area (Å²) in [4.78, 5) is 12.1. The van der Waals surface area contributed by atoms with E-state index in [9.17, 15) is 14.3 Å². The first-order chi connectivity index (χ1) is 10.0. The summed E-state index contributed by atoms with van der Waals surface area (Å²) in [5.41, 5.74) is 0.432. The van der Waals surface area contributed by atoms with Gasteiger partial charge in [-0.3, -0.25) is 9.18 Å². The van der Waals surface area contributed by atoms with Gasteiger partial charge in [0, 0.05) is 17.9 Å². The van der Waals surface area contributed by atoms with Crippen LogP contribution in [-0.4, -0.2) is 17.6 Å². The zero-order chi connectivity index (χ0) is 15.9. The van der Waals surface area contributed by atoms with Crippen LogP contribution in [0.2, 0.25) is 0 Å². The molecular formula is C18H31FO2. The maximum Gasteiger partial charge on any atom is 0.162 e. The van der Waals surface area contributed by atoms with Gasteiger partial charge in [0.05, 0.1) is 12.4 Å². The molecule has 1 rings (SSSR count). The van der Waals surface area contributed by atoms with Gasteiger partial charge in [-0.1, -0.05) is 33.6 Å². The first-order valence-electron chi connectivity index (χ1n) is 8.52. The quantitative estimate of drug-likeness (QED) is 0.482. The number of aliphatic hydroxyl groups is 1. The SMILES string of the molecule is CCC(CCF)C(=O)/C=C(\O)C1CCC(CC)(CC)CC1. The van der Waals surface area contributed by atoms with E-state index in [1.165, 1.54) is 18.9 Å². The van der Waals surface area contributed by atoms with Crippen LogP contribution in [0.5, 0.6) is 0 Å². The minimum absolute atomic E-state index is 0.114. The molecule has 0 bridgehead atoms. The first kappa shape index (κ1) is 18.2. The Labute approximate surface area is 128 Å². The summed E-state index contributed by atoms with van der Waals surface area (Å²) >= 11 is 0. The lowest BCUT2D eigenvalue weighted by Gasteiger charge is -2.39. The molecule has 0 heterocycles. The topological polar surface area (TPSA) is 37.3 Å². The molecule has 1 unspecified atom stereocenters. The highest BCUT2D eigenvalue weighted by molar-refractivity contribution is 5.92. The molecule has 122 valence electrons. The molecule has 0 aromatic rings. The number of allylic oxidation sites excluding steroid dienone is 2. The molecule has 0 aromatic carbocycles. The molecule has 21 heavy (non-hydrogen) atoms. The van der Waals surface area contributed by atoms with E-state index in [2.05, 4.69) is 13.8 Å². The Morgan fingerprint density at radius 2 is 1.86 bits per heavy atom. The zero-order valence-electron chi connectivity index (χ0n) is 13.8. The average molecular weight is 298 g/mol. The van der Waals surface area contributed by atoms with Crippen molar-refractivity contribution >= 4 is 5.78 Å². The maximum absolute atomic E-state index is 12.4. The highest BCUT2D eigenvalue weighted by atomic mass is 19.1. The minimum atomic E-state index is -0.474. The van der Waals surface area contributed by atoms with Gasteiger partial charge in [0.15, 0.2) is 5.78 Å². The van der Waals surface area contributed by atoms with Crippen molar-refractivity contribution in [2.24, 2.45) is 17.3 Å². The second-order valence-electron chi connectivity index (χ2n) is 6.54. The van der Waals surface area contributed by atoms with Crippen molar-refractivity contribution < 1.29 is 14.3 Å². The lowest BCUT2D eigenvalue weighted by Crippen LogP contribution is -2.27. The number of hydrogen-bond acceptors (Lipinski definition) is 2. The number of alkyl halides is 1. The molecule has 1 saturated carbocycles. The molecule has 0 amide bonds. The van der Waals surface area contributed by atoms with Crippen LogP contribution < -0.4 is 0 Å². The molecular weight excluding hydrogens is 267 g/mol. The van der Waals surface area contributed by atoms with E-state index in [1.807, 2.05) is 6.92 Å². The Kier molecular flexibility index (Phi) is 7.41. The number of carbonyl (C=O) groups excluding carboxylic acids is 1. The Hall–Kier alpha value is -0.860. The van der Waals surface area contributed by atoms with Crippen molar-refractivity contribution in [3.63, 3.8) is 0 Å². The molecule has 0 aromatic heterocycles. The summed E-state index contributed by atoms with van der Waals surface area (Å²) in [6.45, 7) is 5.90. The molecule has 1 atom stereocenters. The lowest BCUT2D eigenvalue weighted by molar-refractivity contribution is -0.118. The van der Waals surface area contributed by atoms with E-state index in [4.69, 9.17) is 0 Å². The van der Waals surface area contributed by atoms with E-state index in [1.54, 1.807) is 0 Å². The molecule has 3 heteroatoms. The molecule has 0 aliphatic heterocycles. The van der Waals surface area contributed by atoms with Gasteiger partial charge >= 0.3 is 0 Å². The molecule has 0 spiro atoms. The molecule has 1 fully saturated rings. The standard InChI is InChI=1S/C18H31FO2/c1-4-14(9-12-19)16(20)13-17(21)15-7-10-18(5-2,6-3)11-8-15/h13-15,21H,4-12H2,1-3H3/b17-13-. The number of aliphatic hydroxyl groups excluding tert-OH is 1. The summed E-state index contributed by atoms with van der Waals surface area (Å²) in [6, 6.07) is 0. The van der Waals surface area contributed by atoms with Gasteiger partial charge < -0.3 is 5.11 Å². The van der Waals surface area contributed by atoms with Crippen molar-refractivity contribution in [3.8, 4) is 0 Å². The second kappa shape index (κ2) is 8.55. The van der Waals surface area contributed by atoms with Crippen molar-refractivity contribution in [3.05, 3.63) is 11.8 Å². The summed E-state index contributed by atoms with van der Waals surface area (Å²) < 4.78 is 12.4. The van der Waals surface area contributed by atoms with Crippen molar-refractivity contribution in [2.45, 2.75) is 72.1 Å². The van der Waals surface area contributed by atoms with Crippen LogP contribution in [0.25, 0.3) is 0 Å². The van der Waals surface area contributed by atoms with Crippen LogP contribution in [0.15, 0.2) is 11.8 Å². The third kappa shape index (κ3) is 4.82. The molecule has 1 N–H and O–H groups in total. The van der Waals surface area contributed by atoms with Gasteiger partial charge in [-0.15, -0.1) is 0 Å². The summed E-state index contributed by atoms with van der Waals surface area (Å²) in [5.74, 6) is -0.0669. The van der Waals surface area contributed by atoms with Gasteiger partial charge in [-0.2, -0.15) is 0 Å². The van der Waals surface area contributed by atoms with Gasteiger partial charge in [-0.05, 0) is 43.9 Å². The van der Waals surface area contributed by atoms with Crippen molar-refractivity contribution in [1.82, 2.24) is 0 Å². The zero-order valence-corrected chi connectivity index (χ0v) is 13.8. The second-order valence-corrected chi connectivity index (χ2v) is 6.54. The number of carbonyl (C=O) groups is 1. The Morgan fingerprint density at radius 3 is 2.29 bits per heavy atom. The van der Waals surface area contributed by atoms with Crippen molar-refractivity contribution in [1.29, 1.82) is 0 Å². The van der Waals surface area contributed by atoms with E-state index < -0.39 is 6.67 Å². The Morgan fingerprint density at radius 1 is 1.29 bits per heavy atom. The minimum Gasteiger partial charge on any atom is -0.512 e.